The Morgan fingerprint density at radius 2 is 1.92 bits per heavy atom. The standard InChI is InChI=1S/C16H13N7O2S/c17-11-6-10-5-4-9(7-13(10)19-8-11)12-2-1-3-14(26(18,24)25)15(12)16-20-22-23-21-16/h1-8H,17H2,(H2,18,24,25)(H,20,21,22,23). The van der Waals surface area contributed by atoms with E-state index in [0.29, 0.717) is 11.3 Å². The minimum absolute atomic E-state index is 0.0817. The molecule has 0 radical (unpaired) electrons. The fraction of sp³-hybridized carbons (Fsp3) is 0. The number of aromatic amines is 1. The molecule has 0 saturated heterocycles. The predicted molar refractivity (Wildman–Crippen MR) is 96.1 cm³/mol. The Hall–Kier alpha value is -3.37. The highest BCUT2D eigenvalue weighted by molar-refractivity contribution is 7.89. The van der Waals surface area contributed by atoms with Crippen LogP contribution < -0.4 is 10.9 Å². The topological polar surface area (TPSA) is 154 Å². The van der Waals surface area contributed by atoms with Gasteiger partial charge in [-0.15, -0.1) is 10.2 Å². The highest BCUT2D eigenvalue weighted by Crippen LogP contribution is 2.35. The van der Waals surface area contributed by atoms with Gasteiger partial charge in [-0.2, -0.15) is 5.21 Å². The summed E-state index contributed by atoms with van der Waals surface area (Å²) in [7, 11) is -3.99. The number of tetrazole rings is 1. The Bertz CT molecular complexity index is 1220. The van der Waals surface area contributed by atoms with E-state index in [0.717, 1.165) is 16.5 Å². The molecule has 0 bridgehead atoms. The highest BCUT2D eigenvalue weighted by Gasteiger charge is 2.22. The minimum Gasteiger partial charge on any atom is -0.397 e. The second-order valence-corrected chi connectivity index (χ2v) is 7.17. The number of hydrogen-bond donors (Lipinski definition) is 3. The van der Waals surface area contributed by atoms with Gasteiger partial charge in [-0.25, -0.2) is 13.6 Å². The van der Waals surface area contributed by atoms with E-state index in [-0.39, 0.29) is 16.3 Å². The van der Waals surface area contributed by atoms with E-state index < -0.39 is 10.0 Å². The number of primary sulfonamides is 1. The molecule has 0 spiro atoms. The Kier molecular flexibility index (Phi) is 3.63. The number of rotatable bonds is 3. The van der Waals surface area contributed by atoms with Crippen molar-refractivity contribution in [3.8, 4) is 22.5 Å². The normalized spacial score (nSPS) is 11.7. The number of nitrogen functional groups attached to an aromatic ring is 1. The Balaban J connectivity index is 2.02. The van der Waals surface area contributed by atoms with Gasteiger partial charge < -0.3 is 5.73 Å². The van der Waals surface area contributed by atoms with Gasteiger partial charge in [0.25, 0.3) is 0 Å². The van der Waals surface area contributed by atoms with E-state index in [1.807, 2.05) is 24.3 Å². The molecule has 0 unspecified atom stereocenters. The number of nitrogens with zero attached hydrogens (tertiary/aromatic N) is 4. The second kappa shape index (κ2) is 5.86. The number of aromatic nitrogens is 5. The van der Waals surface area contributed by atoms with E-state index in [1.165, 1.54) is 6.07 Å². The molecule has 2 aromatic heterocycles. The van der Waals surface area contributed by atoms with Crippen molar-refractivity contribution >= 4 is 26.6 Å². The third-order valence-electron chi connectivity index (χ3n) is 3.92. The van der Waals surface area contributed by atoms with Crippen LogP contribution in [0.3, 0.4) is 0 Å². The lowest BCUT2D eigenvalue weighted by Gasteiger charge is -2.12. The van der Waals surface area contributed by atoms with Crippen molar-refractivity contribution in [1.82, 2.24) is 25.6 Å². The number of pyridine rings is 1. The van der Waals surface area contributed by atoms with Crippen molar-refractivity contribution in [3.05, 3.63) is 48.7 Å². The first-order chi connectivity index (χ1) is 12.4. The maximum absolute atomic E-state index is 12.0. The summed E-state index contributed by atoms with van der Waals surface area (Å²) in [6, 6.07) is 12.1. The average Bonchev–Trinajstić information content (AvgIpc) is 3.14. The fourth-order valence-corrected chi connectivity index (χ4v) is 3.57. The van der Waals surface area contributed by atoms with Crippen LogP contribution in [0.25, 0.3) is 33.4 Å². The summed E-state index contributed by atoms with van der Waals surface area (Å²) < 4.78 is 24.1. The third kappa shape index (κ3) is 2.76. The lowest BCUT2D eigenvalue weighted by Crippen LogP contribution is -2.14. The fourth-order valence-electron chi connectivity index (χ4n) is 2.81. The quantitative estimate of drug-likeness (QED) is 0.493. The van der Waals surface area contributed by atoms with Crippen LogP contribution in [0.15, 0.2) is 53.6 Å². The van der Waals surface area contributed by atoms with Crippen molar-refractivity contribution in [2.75, 3.05) is 5.73 Å². The molecule has 130 valence electrons. The first kappa shape index (κ1) is 16.1. The lowest BCUT2D eigenvalue weighted by molar-refractivity contribution is 0.598. The van der Waals surface area contributed by atoms with Crippen molar-refractivity contribution in [2.24, 2.45) is 5.14 Å². The molecule has 10 heteroatoms. The zero-order valence-corrected chi connectivity index (χ0v) is 14.1. The molecule has 0 amide bonds. The van der Waals surface area contributed by atoms with Crippen molar-refractivity contribution in [2.45, 2.75) is 4.90 Å². The summed E-state index contributed by atoms with van der Waals surface area (Å²) in [5.41, 5.74) is 8.65. The van der Waals surface area contributed by atoms with Gasteiger partial charge in [0.05, 0.1) is 27.9 Å². The number of sulfonamides is 1. The molecule has 0 fully saturated rings. The second-order valence-electron chi connectivity index (χ2n) is 5.64. The lowest BCUT2D eigenvalue weighted by atomic mass is 9.98. The minimum atomic E-state index is -3.99. The van der Waals surface area contributed by atoms with Crippen LogP contribution in [-0.2, 0) is 10.0 Å². The number of benzene rings is 2. The maximum Gasteiger partial charge on any atom is 0.238 e. The highest BCUT2D eigenvalue weighted by atomic mass is 32.2. The van der Waals surface area contributed by atoms with Crippen LogP contribution in [0, 0.1) is 0 Å². The zero-order valence-electron chi connectivity index (χ0n) is 13.3. The van der Waals surface area contributed by atoms with Gasteiger partial charge in [0.2, 0.25) is 15.8 Å². The van der Waals surface area contributed by atoms with Gasteiger partial charge >= 0.3 is 0 Å². The van der Waals surface area contributed by atoms with Crippen molar-refractivity contribution in [1.29, 1.82) is 0 Å². The van der Waals surface area contributed by atoms with E-state index in [9.17, 15) is 8.42 Å². The molecule has 2 aromatic carbocycles. The maximum atomic E-state index is 12.0. The first-order valence-electron chi connectivity index (χ1n) is 7.49. The number of hydrogen-bond acceptors (Lipinski definition) is 7. The van der Waals surface area contributed by atoms with Crippen LogP contribution in [0.5, 0.6) is 0 Å². The molecular formula is C16H13N7O2S. The summed E-state index contributed by atoms with van der Waals surface area (Å²) in [6.07, 6.45) is 1.56. The number of H-pyrrole nitrogens is 1. The van der Waals surface area contributed by atoms with Gasteiger partial charge in [0.15, 0.2) is 0 Å². The summed E-state index contributed by atoms with van der Waals surface area (Å²) in [5, 5.41) is 19.9. The van der Waals surface area contributed by atoms with Crippen molar-refractivity contribution < 1.29 is 8.42 Å². The zero-order chi connectivity index (χ0) is 18.3. The molecule has 4 rings (SSSR count). The van der Waals surface area contributed by atoms with Crippen LogP contribution in [0.4, 0.5) is 5.69 Å². The van der Waals surface area contributed by atoms with Gasteiger partial charge in [-0.1, -0.05) is 24.3 Å². The molecule has 26 heavy (non-hydrogen) atoms. The van der Waals surface area contributed by atoms with Gasteiger partial charge in [0.1, 0.15) is 0 Å². The van der Waals surface area contributed by atoms with Gasteiger partial charge in [0, 0.05) is 5.39 Å². The Morgan fingerprint density at radius 1 is 1.08 bits per heavy atom. The smallest absolute Gasteiger partial charge is 0.238 e. The van der Waals surface area contributed by atoms with Crippen LogP contribution in [-0.4, -0.2) is 34.0 Å². The largest absolute Gasteiger partial charge is 0.397 e. The molecule has 9 nitrogen and oxygen atoms in total. The molecule has 0 aliphatic rings. The summed E-state index contributed by atoms with van der Waals surface area (Å²) in [5.74, 6) is 0.134. The molecule has 0 aliphatic heterocycles. The van der Waals surface area contributed by atoms with E-state index >= 15 is 0 Å². The number of fused-ring (bicyclic) bond motifs is 1. The first-order valence-corrected chi connectivity index (χ1v) is 9.03. The molecule has 0 aliphatic carbocycles. The molecule has 0 saturated carbocycles. The third-order valence-corrected chi connectivity index (χ3v) is 4.87. The number of nitrogens with two attached hydrogens (primary N) is 2. The molecule has 4 aromatic rings. The predicted octanol–water partition coefficient (Wildman–Crippen LogP) is 1.31. The average molecular weight is 367 g/mol. The molecule has 2 heterocycles. The van der Waals surface area contributed by atoms with Crippen LogP contribution in [0.2, 0.25) is 0 Å². The Labute approximate surface area is 148 Å². The number of anilines is 1. The summed E-state index contributed by atoms with van der Waals surface area (Å²) in [4.78, 5) is 4.23. The summed E-state index contributed by atoms with van der Waals surface area (Å²) >= 11 is 0. The van der Waals surface area contributed by atoms with Gasteiger partial charge in [-0.3, -0.25) is 4.98 Å². The molecule has 5 N–H and O–H groups in total. The molecular weight excluding hydrogens is 354 g/mol. The number of nitrogens with one attached hydrogen (secondary N) is 1. The molecule has 0 atom stereocenters. The SMILES string of the molecule is Nc1cnc2cc(-c3cccc(S(N)(=O)=O)c3-c3nn[nH]n3)ccc2c1. The monoisotopic (exact) mass is 367 g/mol. The van der Waals surface area contributed by atoms with Crippen LogP contribution in [0.1, 0.15) is 0 Å². The summed E-state index contributed by atoms with van der Waals surface area (Å²) in [6.45, 7) is 0. The van der Waals surface area contributed by atoms with E-state index in [1.54, 1.807) is 18.3 Å². The van der Waals surface area contributed by atoms with Crippen LogP contribution >= 0.6 is 0 Å². The Morgan fingerprint density at radius 3 is 2.65 bits per heavy atom. The van der Waals surface area contributed by atoms with Gasteiger partial charge in [-0.05, 0) is 34.5 Å². The van der Waals surface area contributed by atoms with E-state index in [2.05, 4.69) is 25.6 Å². The van der Waals surface area contributed by atoms with Crippen molar-refractivity contribution in [3.63, 3.8) is 0 Å². The van der Waals surface area contributed by atoms with E-state index in [4.69, 9.17) is 10.9 Å².